The Kier molecular flexibility index (Phi) is 3.45. The van der Waals surface area contributed by atoms with Gasteiger partial charge in [-0.05, 0) is 31.4 Å². The van der Waals surface area contributed by atoms with Crippen molar-refractivity contribution in [2.75, 3.05) is 12.3 Å². The maximum absolute atomic E-state index is 12.9. The summed E-state index contributed by atoms with van der Waals surface area (Å²) in [5.41, 5.74) is 9.00. The largest absolute Gasteiger partial charge is 0.395 e. The Balaban J connectivity index is 1.93. The van der Waals surface area contributed by atoms with Gasteiger partial charge in [0, 0.05) is 25.5 Å². The molecule has 1 atom stereocenters. The van der Waals surface area contributed by atoms with Crippen LogP contribution in [-0.2, 0) is 13.5 Å². The number of rotatable bonds is 3. The SMILES string of the molecule is CCc1nn(C)c(C(=O)N2CCCC2c2ccc[nH]2)c1N. The molecule has 0 aliphatic carbocycles. The van der Waals surface area contributed by atoms with Crippen molar-refractivity contribution in [3.8, 4) is 0 Å². The first kappa shape index (κ1) is 13.7. The molecule has 0 bridgehead atoms. The fraction of sp³-hybridized carbons (Fsp3) is 0.467. The average Bonchev–Trinajstić information content (AvgIpc) is 3.16. The van der Waals surface area contributed by atoms with Gasteiger partial charge in [0.05, 0.1) is 17.4 Å². The van der Waals surface area contributed by atoms with Crippen LogP contribution in [0.25, 0.3) is 0 Å². The fourth-order valence-electron chi connectivity index (χ4n) is 3.13. The van der Waals surface area contributed by atoms with Crippen molar-refractivity contribution in [1.29, 1.82) is 0 Å². The van der Waals surface area contributed by atoms with Crippen LogP contribution >= 0.6 is 0 Å². The third-order valence-corrected chi connectivity index (χ3v) is 4.19. The van der Waals surface area contributed by atoms with Crippen LogP contribution < -0.4 is 5.73 Å². The second-order valence-electron chi connectivity index (χ2n) is 5.47. The molecule has 6 heteroatoms. The highest BCUT2D eigenvalue weighted by Gasteiger charge is 2.34. The molecule has 1 aliphatic rings. The number of aryl methyl sites for hydroxylation is 2. The summed E-state index contributed by atoms with van der Waals surface area (Å²) in [6.45, 7) is 2.75. The number of nitrogens with zero attached hydrogens (tertiary/aromatic N) is 3. The third-order valence-electron chi connectivity index (χ3n) is 4.19. The van der Waals surface area contributed by atoms with E-state index in [9.17, 15) is 4.79 Å². The molecule has 3 N–H and O–H groups in total. The van der Waals surface area contributed by atoms with E-state index < -0.39 is 0 Å². The number of anilines is 1. The van der Waals surface area contributed by atoms with Gasteiger partial charge in [0.2, 0.25) is 0 Å². The topological polar surface area (TPSA) is 79.9 Å². The average molecular weight is 287 g/mol. The molecule has 3 heterocycles. The number of aromatic nitrogens is 3. The van der Waals surface area contributed by atoms with Crippen LogP contribution in [0.1, 0.15) is 47.7 Å². The second kappa shape index (κ2) is 5.27. The van der Waals surface area contributed by atoms with Crippen molar-refractivity contribution in [3.05, 3.63) is 35.4 Å². The summed E-state index contributed by atoms with van der Waals surface area (Å²) in [6, 6.07) is 4.09. The lowest BCUT2D eigenvalue weighted by Crippen LogP contribution is -2.32. The van der Waals surface area contributed by atoms with Gasteiger partial charge in [-0.15, -0.1) is 0 Å². The van der Waals surface area contributed by atoms with E-state index in [2.05, 4.69) is 10.1 Å². The van der Waals surface area contributed by atoms with Crippen LogP contribution in [0.15, 0.2) is 18.3 Å². The number of carbonyl (C=O) groups is 1. The normalized spacial score (nSPS) is 18.4. The van der Waals surface area contributed by atoms with Crippen LogP contribution in [0.2, 0.25) is 0 Å². The minimum absolute atomic E-state index is 0.0284. The van der Waals surface area contributed by atoms with Crippen LogP contribution in [0.3, 0.4) is 0 Å². The smallest absolute Gasteiger partial charge is 0.274 e. The summed E-state index contributed by atoms with van der Waals surface area (Å²) in [4.78, 5) is 18.0. The fourth-order valence-corrected chi connectivity index (χ4v) is 3.13. The van der Waals surface area contributed by atoms with E-state index in [0.29, 0.717) is 11.4 Å². The van der Waals surface area contributed by atoms with E-state index in [0.717, 1.165) is 37.2 Å². The van der Waals surface area contributed by atoms with Crippen LogP contribution in [0, 0.1) is 0 Å². The molecule has 1 unspecified atom stereocenters. The van der Waals surface area contributed by atoms with Crippen molar-refractivity contribution in [2.45, 2.75) is 32.2 Å². The molecule has 21 heavy (non-hydrogen) atoms. The minimum atomic E-state index is -0.0284. The monoisotopic (exact) mass is 287 g/mol. The minimum Gasteiger partial charge on any atom is -0.395 e. The quantitative estimate of drug-likeness (QED) is 0.904. The van der Waals surface area contributed by atoms with Gasteiger partial charge in [-0.2, -0.15) is 5.10 Å². The Morgan fingerprint density at radius 3 is 3.00 bits per heavy atom. The maximum atomic E-state index is 12.9. The summed E-state index contributed by atoms with van der Waals surface area (Å²) >= 11 is 0. The van der Waals surface area contributed by atoms with Crippen LogP contribution in [0.4, 0.5) is 5.69 Å². The zero-order chi connectivity index (χ0) is 15.0. The van der Waals surface area contributed by atoms with Gasteiger partial charge in [0.15, 0.2) is 0 Å². The van der Waals surface area contributed by atoms with E-state index in [4.69, 9.17) is 5.73 Å². The molecule has 6 nitrogen and oxygen atoms in total. The van der Waals surface area contributed by atoms with Crippen molar-refractivity contribution in [1.82, 2.24) is 19.7 Å². The lowest BCUT2D eigenvalue weighted by atomic mass is 10.1. The van der Waals surface area contributed by atoms with Crippen molar-refractivity contribution in [2.24, 2.45) is 7.05 Å². The summed E-state index contributed by atoms with van der Waals surface area (Å²) in [5, 5.41) is 4.35. The standard InChI is InChI=1S/C15H21N5O/c1-3-10-13(16)14(19(2)18-10)15(21)20-9-5-7-12(20)11-6-4-8-17-11/h4,6,8,12,17H,3,5,7,9,16H2,1-2H3. The molecule has 112 valence electrons. The number of amides is 1. The van der Waals surface area contributed by atoms with Crippen molar-refractivity contribution < 1.29 is 4.79 Å². The number of nitrogens with two attached hydrogens (primary N) is 1. The van der Waals surface area contributed by atoms with Gasteiger partial charge in [-0.25, -0.2) is 0 Å². The van der Waals surface area contributed by atoms with E-state index in [-0.39, 0.29) is 11.9 Å². The summed E-state index contributed by atoms with van der Waals surface area (Å²) in [7, 11) is 1.78. The van der Waals surface area contributed by atoms with Gasteiger partial charge in [-0.3, -0.25) is 9.48 Å². The van der Waals surface area contributed by atoms with Crippen LogP contribution in [0.5, 0.6) is 0 Å². The predicted molar refractivity (Wildman–Crippen MR) is 80.8 cm³/mol. The van der Waals surface area contributed by atoms with Gasteiger partial charge in [-0.1, -0.05) is 6.92 Å². The van der Waals surface area contributed by atoms with Gasteiger partial charge < -0.3 is 15.6 Å². The predicted octanol–water partition coefficient (Wildman–Crippen LogP) is 1.87. The van der Waals surface area contributed by atoms with Gasteiger partial charge >= 0.3 is 0 Å². The lowest BCUT2D eigenvalue weighted by Gasteiger charge is -2.24. The Hall–Kier alpha value is -2.24. The molecule has 1 saturated heterocycles. The number of H-pyrrole nitrogens is 1. The number of hydrogen-bond acceptors (Lipinski definition) is 3. The number of likely N-dealkylation sites (tertiary alicyclic amines) is 1. The molecule has 2 aromatic heterocycles. The highest BCUT2D eigenvalue weighted by atomic mass is 16.2. The summed E-state index contributed by atoms with van der Waals surface area (Å²) < 4.78 is 1.61. The number of carbonyl (C=O) groups excluding carboxylic acids is 1. The first-order chi connectivity index (χ1) is 10.1. The highest BCUT2D eigenvalue weighted by Crippen LogP contribution is 2.33. The molecule has 0 spiro atoms. The molecule has 0 aromatic carbocycles. The molecule has 1 fully saturated rings. The summed E-state index contributed by atoms with van der Waals surface area (Å²) in [5.74, 6) is -0.0284. The maximum Gasteiger partial charge on any atom is 0.274 e. The number of hydrogen-bond donors (Lipinski definition) is 2. The third kappa shape index (κ3) is 2.20. The molecular weight excluding hydrogens is 266 g/mol. The molecule has 3 rings (SSSR count). The van der Waals surface area contributed by atoms with E-state index in [1.165, 1.54) is 0 Å². The Morgan fingerprint density at radius 1 is 1.57 bits per heavy atom. The van der Waals surface area contributed by atoms with Crippen molar-refractivity contribution in [3.63, 3.8) is 0 Å². The molecule has 0 saturated carbocycles. The van der Waals surface area contributed by atoms with E-state index >= 15 is 0 Å². The molecule has 1 amide bonds. The van der Waals surface area contributed by atoms with Crippen LogP contribution in [-0.4, -0.2) is 32.1 Å². The summed E-state index contributed by atoms with van der Waals surface area (Å²) in [6.07, 6.45) is 4.61. The first-order valence-electron chi connectivity index (χ1n) is 7.39. The van der Waals surface area contributed by atoms with E-state index in [1.54, 1.807) is 11.7 Å². The van der Waals surface area contributed by atoms with Gasteiger partial charge in [0.25, 0.3) is 5.91 Å². The molecule has 2 aromatic rings. The highest BCUT2D eigenvalue weighted by molar-refractivity contribution is 5.98. The van der Waals surface area contributed by atoms with E-state index in [1.807, 2.05) is 30.2 Å². The second-order valence-corrected chi connectivity index (χ2v) is 5.47. The Morgan fingerprint density at radius 2 is 2.38 bits per heavy atom. The molecule has 1 aliphatic heterocycles. The number of aromatic amines is 1. The van der Waals surface area contributed by atoms with Gasteiger partial charge in [0.1, 0.15) is 5.69 Å². The molecule has 0 radical (unpaired) electrons. The first-order valence-corrected chi connectivity index (χ1v) is 7.39. The van der Waals surface area contributed by atoms with Crippen molar-refractivity contribution >= 4 is 11.6 Å². The Bertz CT molecular complexity index is 643. The number of nitrogen functional groups attached to an aromatic ring is 1. The lowest BCUT2D eigenvalue weighted by molar-refractivity contribution is 0.0723. The molecular formula is C15H21N5O. The number of nitrogens with one attached hydrogen (secondary N) is 1. The zero-order valence-corrected chi connectivity index (χ0v) is 12.5. The Labute approximate surface area is 123 Å². The zero-order valence-electron chi connectivity index (χ0n) is 12.5.